The van der Waals surface area contributed by atoms with Crippen LogP contribution >= 0.6 is 0 Å². The van der Waals surface area contributed by atoms with E-state index < -0.39 is 28.9 Å². The lowest BCUT2D eigenvalue weighted by Gasteiger charge is -2.43. The van der Waals surface area contributed by atoms with E-state index in [1.165, 1.54) is 12.1 Å². The molecule has 0 aliphatic carbocycles. The number of azide groups is 1. The van der Waals surface area contributed by atoms with Gasteiger partial charge >= 0.3 is 5.97 Å². The van der Waals surface area contributed by atoms with Crippen LogP contribution in [0.3, 0.4) is 0 Å². The van der Waals surface area contributed by atoms with Crippen LogP contribution in [0.1, 0.15) is 60.4 Å². The number of halogens is 1. The summed E-state index contributed by atoms with van der Waals surface area (Å²) < 4.78 is 20.0. The zero-order chi connectivity index (χ0) is 22.3. The van der Waals surface area contributed by atoms with E-state index in [4.69, 9.17) is 15.4 Å². The quantitative estimate of drug-likeness (QED) is 0.387. The van der Waals surface area contributed by atoms with Crippen LogP contribution in [0.15, 0.2) is 35.4 Å². The van der Waals surface area contributed by atoms with Crippen LogP contribution in [0.25, 0.3) is 10.4 Å². The third-order valence-corrected chi connectivity index (χ3v) is 4.92. The molecule has 0 saturated carbocycles. The Morgan fingerprint density at radius 1 is 1.23 bits per heavy atom. The average Bonchev–Trinajstić information content (AvgIpc) is 2.61. The maximum absolute atomic E-state index is 13.9. The molecule has 0 unspecified atom stereocenters. The van der Waals surface area contributed by atoms with Gasteiger partial charge in [-0.05, 0) is 61.5 Å². The number of anilines is 1. The van der Waals surface area contributed by atoms with Gasteiger partial charge in [0.15, 0.2) is 0 Å². The Balaban J connectivity index is 2.01. The number of rotatable bonds is 4. The van der Waals surface area contributed by atoms with E-state index in [1.807, 2.05) is 27.7 Å². The Labute approximate surface area is 172 Å². The number of hydrogen-bond acceptors (Lipinski definition) is 4. The molecular weight excluding hydrogens is 391 g/mol. The van der Waals surface area contributed by atoms with Crippen LogP contribution in [0.4, 0.5) is 15.8 Å². The monoisotopic (exact) mass is 412 g/mol. The summed E-state index contributed by atoms with van der Waals surface area (Å²) in [4.78, 5) is 26.4. The standard InChI is InChI=1S/C21H21FN4O4/c1-20(2)10-21(3,4)30-17-14(20)8-12(9-16(17)25-26-23)24-18(27)11-5-6-13(19(28)29)15(22)7-11/h5-9H,10H2,1-4H3,(H,24,27)(H,28,29). The van der Waals surface area contributed by atoms with Gasteiger partial charge in [0, 0.05) is 21.7 Å². The molecule has 0 atom stereocenters. The predicted molar refractivity (Wildman–Crippen MR) is 109 cm³/mol. The Morgan fingerprint density at radius 3 is 2.53 bits per heavy atom. The van der Waals surface area contributed by atoms with E-state index >= 15 is 0 Å². The highest BCUT2D eigenvalue weighted by Crippen LogP contribution is 2.50. The minimum atomic E-state index is -1.42. The summed E-state index contributed by atoms with van der Waals surface area (Å²) in [6, 6.07) is 6.34. The number of carbonyl (C=O) groups is 2. The number of nitrogens with zero attached hydrogens (tertiary/aromatic N) is 3. The summed E-state index contributed by atoms with van der Waals surface area (Å²) in [5, 5.41) is 15.3. The van der Waals surface area contributed by atoms with Crippen LogP contribution in [0, 0.1) is 5.82 Å². The van der Waals surface area contributed by atoms with Crippen molar-refractivity contribution in [2.45, 2.75) is 45.1 Å². The molecule has 0 bridgehead atoms. The first-order valence-corrected chi connectivity index (χ1v) is 9.20. The molecule has 0 spiro atoms. The van der Waals surface area contributed by atoms with E-state index in [-0.39, 0.29) is 16.7 Å². The number of carbonyl (C=O) groups excluding carboxylic acids is 1. The lowest BCUT2D eigenvalue weighted by molar-refractivity contribution is 0.0541. The van der Waals surface area contributed by atoms with E-state index in [1.54, 1.807) is 6.07 Å². The van der Waals surface area contributed by atoms with E-state index in [0.717, 1.165) is 17.7 Å². The van der Waals surface area contributed by atoms with Crippen molar-refractivity contribution in [3.05, 3.63) is 63.3 Å². The van der Waals surface area contributed by atoms with E-state index in [9.17, 15) is 14.0 Å². The Morgan fingerprint density at radius 2 is 1.93 bits per heavy atom. The molecule has 2 aromatic rings. The zero-order valence-corrected chi connectivity index (χ0v) is 17.0. The maximum atomic E-state index is 13.9. The van der Waals surface area contributed by atoms with E-state index in [0.29, 0.717) is 17.9 Å². The fourth-order valence-corrected chi connectivity index (χ4v) is 3.92. The Bertz CT molecular complexity index is 1100. The summed E-state index contributed by atoms with van der Waals surface area (Å²) in [5.41, 5.74) is 8.95. The van der Waals surface area contributed by atoms with Crippen LogP contribution in [-0.2, 0) is 5.41 Å². The first kappa shape index (κ1) is 21.1. The Kier molecular flexibility index (Phi) is 5.18. The van der Waals surface area contributed by atoms with Gasteiger partial charge in [-0.2, -0.15) is 0 Å². The number of aromatic carboxylic acids is 1. The maximum Gasteiger partial charge on any atom is 0.338 e. The van der Waals surface area contributed by atoms with Gasteiger partial charge in [0.1, 0.15) is 17.2 Å². The number of fused-ring (bicyclic) bond motifs is 1. The second kappa shape index (κ2) is 7.35. The number of carboxylic acid groups (broad SMARTS) is 1. The highest BCUT2D eigenvalue weighted by molar-refractivity contribution is 6.05. The van der Waals surface area contributed by atoms with E-state index in [2.05, 4.69) is 15.3 Å². The molecule has 1 heterocycles. The van der Waals surface area contributed by atoms with Gasteiger partial charge in [0.25, 0.3) is 5.91 Å². The third kappa shape index (κ3) is 4.06. The van der Waals surface area contributed by atoms with Gasteiger partial charge < -0.3 is 15.2 Å². The molecule has 3 rings (SSSR count). The highest BCUT2D eigenvalue weighted by Gasteiger charge is 2.40. The molecule has 2 N–H and O–H groups in total. The van der Waals surface area contributed by atoms with Crippen molar-refractivity contribution in [1.82, 2.24) is 0 Å². The van der Waals surface area contributed by atoms with Crippen molar-refractivity contribution in [3.63, 3.8) is 0 Å². The molecule has 2 aromatic carbocycles. The number of carboxylic acids is 1. The number of nitrogens with one attached hydrogen (secondary N) is 1. The first-order chi connectivity index (χ1) is 13.9. The second-order valence-electron chi connectivity index (χ2n) is 8.44. The average molecular weight is 412 g/mol. The van der Waals surface area contributed by atoms with Gasteiger partial charge in [-0.1, -0.05) is 19.0 Å². The van der Waals surface area contributed by atoms with Crippen molar-refractivity contribution < 1.29 is 23.8 Å². The molecule has 0 saturated heterocycles. The second-order valence-corrected chi connectivity index (χ2v) is 8.44. The molecule has 156 valence electrons. The normalized spacial score (nSPS) is 15.9. The molecule has 30 heavy (non-hydrogen) atoms. The summed E-state index contributed by atoms with van der Waals surface area (Å²) in [6.07, 6.45) is 0.696. The van der Waals surface area contributed by atoms with Crippen molar-refractivity contribution in [1.29, 1.82) is 0 Å². The molecule has 0 radical (unpaired) electrons. The fourth-order valence-electron chi connectivity index (χ4n) is 3.92. The molecule has 0 fully saturated rings. The highest BCUT2D eigenvalue weighted by atomic mass is 19.1. The molecule has 9 heteroatoms. The molecule has 0 aromatic heterocycles. The number of amides is 1. The summed E-state index contributed by atoms with van der Waals surface area (Å²) in [7, 11) is 0. The topological polar surface area (TPSA) is 124 Å². The van der Waals surface area contributed by atoms with Crippen LogP contribution in [-0.4, -0.2) is 22.6 Å². The zero-order valence-electron chi connectivity index (χ0n) is 17.0. The Hall–Kier alpha value is -3.58. The molecule has 1 amide bonds. The van der Waals surface area contributed by atoms with Gasteiger partial charge in [0.05, 0.1) is 11.3 Å². The van der Waals surface area contributed by atoms with Gasteiger partial charge in [-0.3, -0.25) is 4.79 Å². The van der Waals surface area contributed by atoms with Gasteiger partial charge in [0.2, 0.25) is 0 Å². The SMILES string of the molecule is CC1(C)CC(C)(C)c2cc(NC(=O)c3ccc(C(=O)O)c(F)c3)cc(N=[N+]=[N-])c2O1. The lowest BCUT2D eigenvalue weighted by Crippen LogP contribution is -2.41. The van der Waals surface area contributed by atoms with Crippen LogP contribution < -0.4 is 10.1 Å². The molecule has 1 aliphatic heterocycles. The lowest BCUT2D eigenvalue weighted by atomic mass is 9.73. The summed E-state index contributed by atoms with van der Waals surface area (Å²) in [6.45, 7) is 7.95. The van der Waals surface area contributed by atoms with Crippen molar-refractivity contribution in [3.8, 4) is 5.75 Å². The van der Waals surface area contributed by atoms with Crippen molar-refractivity contribution >= 4 is 23.3 Å². The van der Waals surface area contributed by atoms with Crippen LogP contribution in [0.5, 0.6) is 5.75 Å². The summed E-state index contributed by atoms with van der Waals surface area (Å²) >= 11 is 0. The minimum absolute atomic E-state index is 0.0443. The molecule has 8 nitrogen and oxygen atoms in total. The van der Waals surface area contributed by atoms with Crippen molar-refractivity contribution in [2.24, 2.45) is 5.11 Å². The number of benzene rings is 2. The largest absolute Gasteiger partial charge is 0.487 e. The molecule has 1 aliphatic rings. The number of hydrogen-bond donors (Lipinski definition) is 2. The minimum Gasteiger partial charge on any atom is -0.487 e. The first-order valence-electron chi connectivity index (χ1n) is 9.20. The fraction of sp³-hybridized carbons (Fsp3) is 0.333. The van der Waals surface area contributed by atoms with Crippen LogP contribution in [0.2, 0.25) is 0 Å². The number of ether oxygens (including phenoxy) is 1. The third-order valence-electron chi connectivity index (χ3n) is 4.92. The summed E-state index contributed by atoms with van der Waals surface area (Å²) in [5.74, 6) is -2.60. The predicted octanol–water partition coefficient (Wildman–Crippen LogP) is 5.56. The van der Waals surface area contributed by atoms with Gasteiger partial charge in [-0.25, -0.2) is 9.18 Å². The van der Waals surface area contributed by atoms with Crippen molar-refractivity contribution in [2.75, 3.05) is 5.32 Å². The smallest absolute Gasteiger partial charge is 0.338 e. The van der Waals surface area contributed by atoms with Gasteiger partial charge in [-0.15, -0.1) is 0 Å². The molecular formula is C21H21FN4O4.